The summed E-state index contributed by atoms with van der Waals surface area (Å²) < 4.78 is 43.2. The molecule has 20 heavy (non-hydrogen) atoms. The minimum absolute atomic E-state index is 0.0932. The molecule has 0 aliphatic rings. The van der Waals surface area contributed by atoms with Crippen molar-refractivity contribution in [3.63, 3.8) is 0 Å². The van der Waals surface area contributed by atoms with Gasteiger partial charge in [0.05, 0.1) is 6.54 Å². The maximum Gasteiger partial charge on any atom is 0.446 e. The Labute approximate surface area is 126 Å². The van der Waals surface area contributed by atoms with Gasteiger partial charge in [0.1, 0.15) is 5.76 Å². The number of hydrogen-bond donors (Lipinski definition) is 1. The normalized spacial score (nSPS) is 11.8. The van der Waals surface area contributed by atoms with Crippen LogP contribution < -0.4 is 5.32 Å². The van der Waals surface area contributed by atoms with Crippen molar-refractivity contribution in [2.24, 2.45) is 0 Å². The first-order valence-electron chi connectivity index (χ1n) is 5.72. The minimum Gasteiger partial charge on any atom is -0.453 e. The number of hydrogen-bond acceptors (Lipinski definition) is 3. The number of thioether (sulfide) groups is 1. The quantitative estimate of drug-likeness (QED) is 0.759. The smallest absolute Gasteiger partial charge is 0.446 e. The lowest BCUT2D eigenvalue weighted by Crippen LogP contribution is -2.13. The summed E-state index contributed by atoms with van der Waals surface area (Å²) in [6, 6.07) is 10.0. The van der Waals surface area contributed by atoms with Crippen molar-refractivity contribution in [1.29, 1.82) is 0 Å². The average molecular weight is 366 g/mol. The van der Waals surface area contributed by atoms with Crippen LogP contribution in [0.2, 0.25) is 0 Å². The standard InChI is InChI=1S/C13H11BrF3NOS/c14-12-6-5-10(19-12)8-18-7-9-3-1-2-4-11(9)20-13(15,16)17/h1-6,18H,7-8H2. The van der Waals surface area contributed by atoms with Gasteiger partial charge in [0.15, 0.2) is 4.67 Å². The summed E-state index contributed by atoms with van der Waals surface area (Å²) in [6.45, 7) is 0.800. The summed E-state index contributed by atoms with van der Waals surface area (Å²) in [6.07, 6.45) is 0. The number of nitrogens with one attached hydrogen (secondary N) is 1. The lowest BCUT2D eigenvalue weighted by molar-refractivity contribution is -0.0328. The second-order valence-electron chi connectivity index (χ2n) is 3.96. The number of halogens is 4. The van der Waals surface area contributed by atoms with E-state index >= 15 is 0 Å². The van der Waals surface area contributed by atoms with Crippen LogP contribution in [0.1, 0.15) is 11.3 Å². The first kappa shape index (κ1) is 15.5. The molecule has 2 aromatic rings. The topological polar surface area (TPSA) is 25.2 Å². The summed E-state index contributed by atoms with van der Waals surface area (Å²) in [5.41, 5.74) is -3.66. The molecule has 0 aliphatic heterocycles. The van der Waals surface area contributed by atoms with Gasteiger partial charge in [0.2, 0.25) is 0 Å². The third kappa shape index (κ3) is 4.88. The van der Waals surface area contributed by atoms with E-state index in [1.54, 1.807) is 30.3 Å². The summed E-state index contributed by atoms with van der Waals surface area (Å²) in [5.74, 6) is 0.720. The zero-order chi connectivity index (χ0) is 14.6. The highest BCUT2D eigenvalue weighted by Crippen LogP contribution is 2.38. The molecule has 0 amide bonds. The SMILES string of the molecule is FC(F)(F)Sc1ccccc1CNCc1ccc(Br)o1. The lowest BCUT2D eigenvalue weighted by Gasteiger charge is -2.11. The maximum atomic E-state index is 12.4. The molecule has 2 rings (SSSR count). The molecule has 0 spiro atoms. The van der Waals surface area contributed by atoms with Gasteiger partial charge in [-0.25, -0.2) is 0 Å². The van der Waals surface area contributed by atoms with Crippen molar-refractivity contribution >= 4 is 27.7 Å². The van der Waals surface area contributed by atoms with E-state index in [1.165, 1.54) is 6.07 Å². The van der Waals surface area contributed by atoms with Crippen LogP contribution in [0.3, 0.4) is 0 Å². The molecule has 0 atom stereocenters. The van der Waals surface area contributed by atoms with Gasteiger partial charge in [-0.05, 0) is 51.5 Å². The van der Waals surface area contributed by atoms with E-state index < -0.39 is 5.51 Å². The van der Waals surface area contributed by atoms with Crippen LogP contribution in [0.4, 0.5) is 13.2 Å². The highest BCUT2D eigenvalue weighted by molar-refractivity contribution is 9.10. The predicted octanol–water partition coefficient (Wildman–Crippen LogP) is 4.94. The van der Waals surface area contributed by atoms with Crippen molar-refractivity contribution in [1.82, 2.24) is 5.32 Å². The average Bonchev–Trinajstić information content (AvgIpc) is 2.75. The van der Waals surface area contributed by atoms with Gasteiger partial charge < -0.3 is 9.73 Å². The van der Waals surface area contributed by atoms with Crippen molar-refractivity contribution in [3.05, 3.63) is 52.4 Å². The van der Waals surface area contributed by atoms with E-state index in [2.05, 4.69) is 21.2 Å². The molecule has 108 valence electrons. The first-order valence-corrected chi connectivity index (χ1v) is 7.33. The van der Waals surface area contributed by atoms with Gasteiger partial charge in [-0.2, -0.15) is 13.2 Å². The van der Waals surface area contributed by atoms with Crippen LogP contribution in [0, 0.1) is 0 Å². The maximum absolute atomic E-state index is 12.4. The van der Waals surface area contributed by atoms with Crippen LogP contribution in [0.15, 0.2) is 50.4 Å². The number of alkyl halides is 3. The fourth-order valence-electron chi connectivity index (χ4n) is 1.64. The highest BCUT2D eigenvalue weighted by Gasteiger charge is 2.30. The Bertz CT molecular complexity index is 571. The highest BCUT2D eigenvalue weighted by atomic mass is 79.9. The number of furan rings is 1. The van der Waals surface area contributed by atoms with Gasteiger partial charge in [0, 0.05) is 11.4 Å². The number of rotatable bonds is 5. The molecule has 7 heteroatoms. The van der Waals surface area contributed by atoms with E-state index in [4.69, 9.17) is 4.42 Å². The largest absolute Gasteiger partial charge is 0.453 e. The monoisotopic (exact) mass is 365 g/mol. The Hall–Kier alpha value is -0.920. The Morgan fingerprint density at radius 1 is 1.10 bits per heavy atom. The van der Waals surface area contributed by atoms with Gasteiger partial charge in [-0.15, -0.1) is 0 Å². The zero-order valence-corrected chi connectivity index (χ0v) is 12.6. The van der Waals surface area contributed by atoms with Gasteiger partial charge in [-0.1, -0.05) is 18.2 Å². The zero-order valence-electron chi connectivity index (χ0n) is 10.2. The summed E-state index contributed by atoms with van der Waals surface area (Å²) in [5, 5.41) is 3.06. The Morgan fingerprint density at radius 3 is 2.50 bits per heavy atom. The van der Waals surface area contributed by atoms with Crippen LogP contribution in [0.25, 0.3) is 0 Å². The third-order valence-corrected chi connectivity index (χ3v) is 3.72. The Kier molecular flexibility index (Phi) is 5.17. The molecule has 1 aromatic carbocycles. The van der Waals surface area contributed by atoms with Crippen molar-refractivity contribution in [2.75, 3.05) is 0 Å². The van der Waals surface area contributed by atoms with E-state index in [-0.39, 0.29) is 16.7 Å². The fourth-order valence-corrected chi connectivity index (χ4v) is 2.65. The van der Waals surface area contributed by atoms with E-state index in [1.807, 2.05) is 0 Å². The molecule has 1 N–H and O–H groups in total. The minimum atomic E-state index is -4.28. The summed E-state index contributed by atoms with van der Waals surface area (Å²) >= 11 is 3.10. The second kappa shape index (κ2) is 6.69. The Balaban J connectivity index is 1.95. The fraction of sp³-hybridized carbons (Fsp3) is 0.231. The van der Waals surface area contributed by atoms with E-state index in [9.17, 15) is 13.2 Å². The second-order valence-corrected chi connectivity index (χ2v) is 5.85. The summed E-state index contributed by atoms with van der Waals surface area (Å²) in [7, 11) is 0. The molecular formula is C13H11BrF3NOS. The van der Waals surface area contributed by atoms with Gasteiger partial charge >= 0.3 is 5.51 Å². The molecule has 0 radical (unpaired) electrons. The van der Waals surface area contributed by atoms with Crippen LogP contribution >= 0.6 is 27.7 Å². The van der Waals surface area contributed by atoms with E-state index in [0.717, 1.165) is 5.76 Å². The molecular weight excluding hydrogens is 355 g/mol. The first-order chi connectivity index (χ1) is 9.44. The van der Waals surface area contributed by atoms with Gasteiger partial charge in [0.25, 0.3) is 0 Å². The molecule has 0 unspecified atom stereocenters. The molecule has 0 aliphatic carbocycles. The predicted molar refractivity (Wildman–Crippen MR) is 75.3 cm³/mol. The van der Waals surface area contributed by atoms with Crippen LogP contribution in [-0.2, 0) is 13.1 Å². The van der Waals surface area contributed by atoms with Crippen LogP contribution in [-0.4, -0.2) is 5.51 Å². The molecule has 0 bridgehead atoms. The van der Waals surface area contributed by atoms with Crippen molar-refractivity contribution < 1.29 is 17.6 Å². The number of benzene rings is 1. The van der Waals surface area contributed by atoms with Crippen molar-refractivity contribution in [3.8, 4) is 0 Å². The van der Waals surface area contributed by atoms with E-state index in [0.29, 0.717) is 23.3 Å². The molecule has 0 fully saturated rings. The summed E-state index contributed by atoms with van der Waals surface area (Å²) in [4.78, 5) is 0.216. The molecule has 2 nitrogen and oxygen atoms in total. The molecule has 0 saturated heterocycles. The van der Waals surface area contributed by atoms with Gasteiger partial charge in [-0.3, -0.25) is 0 Å². The Morgan fingerprint density at radius 2 is 1.85 bits per heavy atom. The molecule has 1 heterocycles. The molecule has 0 saturated carbocycles. The lowest BCUT2D eigenvalue weighted by atomic mass is 10.2. The third-order valence-electron chi connectivity index (χ3n) is 2.44. The molecule has 1 aromatic heterocycles. The van der Waals surface area contributed by atoms with Crippen LogP contribution in [0.5, 0.6) is 0 Å². The van der Waals surface area contributed by atoms with Crippen molar-refractivity contribution in [2.45, 2.75) is 23.5 Å².